The molecule has 232 valence electrons. The highest BCUT2D eigenvalue weighted by Crippen LogP contribution is 2.40. The van der Waals surface area contributed by atoms with Crippen molar-refractivity contribution in [3.63, 3.8) is 0 Å². The second kappa shape index (κ2) is 14.6. The fourth-order valence-corrected chi connectivity index (χ4v) is 6.28. The minimum atomic E-state index is -1.82. The van der Waals surface area contributed by atoms with Crippen LogP contribution in [0.4, 0.5) is 0 Å². The molecule has 0 atom stereocenters. The molecule has 13 heteroatoms. The van der Waals surface area contributed by atoms with Crippen LogP contribution in [0.5, 0.6) is 11.5 Å². The third kappa shape index (κ3) is 7.69. The first-order chi connectivity index (χ1) is 21.8. The second-order valence-electron chi connectivity index (χ2n) is 10.2. The third-order valence-corrected chi connectivity index (χ3v) is 8.50. The zero-order valence-electron chi connectivity index (χ0n) is 24.4. The standard InChI is InChI=1S/C30H29N5O3S.C2H2O4/c1-37-25-18-22(9-8-21(25)19-27-31-33-34-32-27)29(36)28-24-6-2-3-7-26(24)39-30(28)20-10-12-23(13-11-20)38-17-16-35-14-4-5-15-35;3-1(4)2(5)6/h2-3,6-13,18H,4-5,14-17,19H2,1H3,(H,31,32,33,34);(H,3,4)(H,5,6). The van der Waals surface area contributed by atoms with Crippen LogP contribution in [-0.4, -0.2) is 86.8 Å². The van der Waals surface area contributed by atoms with Crippen LogP contribution in [-0.2, 0) is 16.0 Å². The quantitative estimate of drug-likeness (QED) is 0.146. The molecule has 0 radical (unpaired) electrons. The Hall–Kier alpha value is -5.14. The van der Waals surface area contributed by atoms with Crippen LogP contribution in [0.2, 0.25) is 0 Å². The minimum Gasteiger partial charge on any atom is -0.496 e. The van der Waals surface area contributed by atoms with Crippen LogP contribution in [0.15, 0.2) is 66.7 Å². The Labute approximate surface area is 262 Å². The van der Waals surface area contributed by atoms with Gasteiger partial charge in [-0.05, 0) is 67.9 Å². The highest BCUT2D eigenvalue weighted by atomic mass is 32.1. The van der Waals surface area contributed by atoms with Gasteiger partial charge in [-0.2, -0.15) is 5.21 Å². The van der Waals surface area contributed by atoms with Crippen LogP contribution in [0, 0.1) is 0 Å². The van der Waals surface area contributed by atoms with Crippen molar-refractivity contribution in [1.82, 2.24) is 25.5 Å². The van der Waals surface area contributed by atoms with Crippen molar-refractivity contribution in [2.75, 3.05) is 33.4 Å². The normalized spacial score (nSPS) is 12.8. The summed E-state index contributed by atoms with van der Waals surface area (Å²) >= 11 is 1.63. The Bertz CT molecular complexity index is 1770. The number of ether oxygens (including phenoxy) is 2. The lowest BCUT2D eigenvalue weighted by Crippen LogP contribution is -2.25. The zero-order valence-corrected chi connectivity index (χ0v) is 25.2. The molecule has 5 aromatic rings. The minimum absolute atomic E-state index is 0.0437. The molecule has 3 heterocycles. The Kier molecular flexibility index (Phi) is 10.1. The summed E-state index contributed by atoms with van der Waals surface area (Å²) < 4.78 is 12.7. The highest BCUT2D eigenvalue weighted by Gasteiger charge is 2.23. The lowest BCUT2D eigenvalue weighted by molar-refractivity contribution is -0.159. The SMILES string of the molecule is COc1cc(C(=O)c2c(-c3ccc(OCCN4CCCC4)cc3)sc3ccccc23)ccc1Cc1nn[nH]n1.O=C(O)C(=O)O. The number of carboxylic acids is 2. The molecule has 0 unspecified atom stereocenters. The number of tetrazole rings is 1. The number of fused-ring (bicyclic) bond motifs is 1. The number of carboxylic acid groups (broad SMARTS) is 2. The van der Waals surface area contributed by atoms with Gasteiger partial charge in [0.15, 0.2) is 11.6 Å². The maximum absolute atomic E-state index is 14.0. The molecule has 1 aliphatic rings. The summed E-state index contributed by atoms with van der Waals surface area (Å²) in [5.74, 6) is -1.68. The van der Waals surface area contributed by atoms with Gasteiger partial charge in [-0.3, -0.25) is 9.69 Å². The molecule has 1 saturated heterocycles. The van der Waals surface area contributed by atoms with Gasteiger partial charge in [0.1, 0.15) is 18.1 Å². The zero-order chi connectivity index (χ0) is 31.8. The average Bonchev–Trinajstić information content (AvgIpc) is 3.83. The number of hydrogen-bond acceptors (Lipinski definition) is 10. The number of hydrogen-bond donors (Lipinski definition) is 3. The van der Waals surface area contributed by atoms with Gasteiger partial charge in [0.25, 0.3) is 0 Å². The molecule has 2 aromatic heterocycles. The molecule has 0 aliphatic carbocycles. The molecular formula is C32H31N5O7S. The van der Waals surface area contributed by atoms with E-state index in [9.17, 15) is 4.79 Å². The maximum Gasteiger partial charge on any atom is 0.414 e. The van der Waals surface area contributed by atoms with Crippen molar-refractivity contribution in [2.24, 2.45) is 0 Å². The Morgan fingerprint density at radius 3 is 2.38 bits per heavy atom. The molecule has 1 aliphatic heterocycles. The number of benzene rings is 3. The van der Waals surface area contributed by atoms with Crippen LogP contribution in [0.25, 0.3) is 20.5 Å². The van der Waals surface area contributed by atoms with Gasteiger partial charge in [-0.15, -0.1) is 21.5 Å². The van der Waals surface area contributed by atoms with Gasteiger partial charge in [-0.25, -0.2) is 9.59 Å². The van der Waals surface area contributed by atoms with E-state index in [2.05, 4.69) is 31.6 Å². The van der Waals surface area contributed by atoms with E-state index in [1.54, 1.807) is 24.5 Å². The number of ketones is 1. The number of aromatic nitrogens is 4. The summed E-state index contributed by atoms with van der Waals surface area (Å²) in [6, 6.07) is 21.7. The molecule has 0 spiro atoms. The number of aliphatic carboxylic acids is 2. The molecule has 0 saturated carbocycles. The largest absolute Gasteiger partial charge is 0.496 e. The van der Waals surface area contributed by atoms with E-state index in [1.807, 2.05) is 54.6 Å². The van der Waals surface area contributed by atoms with Crippen molar-refractivity contribution in [2.45, 2.75) is 19.3 Å². The summed E-state index contributed by atoms with van der Waals surface area (Å²) in [5.41, 5.74) is 3.14. The van der Waals surface area contributed by atoms with Gasteiger partial charge in [0, 0.05) is 44.6 Å². The summed E-state index contributed by atoms with van der Waals surface area (Å²) in [6.45, 7) is 3.96. The number of likely N-dealkylation sites (tertiary alicyclic amines) is 1. The molecule has 1 fully saturated rings. The van der Waals surface area contributed by atoms with Crippen LogP contribution < -0.4 is 9.47 Å². The first-order valence-electron chi connectivity index (χ1n) is 14.2. The predicted molar refractivity (Wildman–Crippen MR) is 167 cm³/mol. The number of carbonyl (C=O) groups excluding carboxylic acids is 1. The van der Waals surface area contributed by atoms with E-state index in [0.29, 0.717) is 35.7 Å². The van der Waals surface area contributed by atoms with Crippen molar-refractivity contribution in [3.05, 3.63) is 89.2 Å². The number of thiophene rings is 1. The fraction of sp³-hybridized carbons (Fsp3) is 0.250. The van der Waals surface area contributed by atoms with Gasteiger partial charge in [0.2, 0.25) is 0 Å². The average molecular weight is 630 g/mol. The van der Waals surface area contributed by atoms with Gasteiger partial charge in [0.05, 0.1) is 7.11 Å². The predicted octanol–water partition coefficient (Wildman–Crippen LogP) is 4.54. The Morgan fingerprint density at radius 2 is 1.71 bits per heavy atom. The number of rotatable bonds is 10. The van der Waals surface area contributed by atoms with Crippen LogP contribution in [0.3, 0.4) is 0 Å². The van der Waals surface area contributed by atoms with Gasteiger partial charge < -0.3 is 19.7 Å². The Morgan fingerprint density at radius 1 is 0.978 bits per heavy atom. The first kappa shape index (κ1) is 31.3. The molecule has 12 nitrogen and oxygen atoms in total. The first-order valence-corrected chi connectivity index (χ1v) is 15.0. The van der Waals surface area contributed by atoms with Gasteiger partial charge >= 0.3 is 11.9 Å². The molecule has 3 N–H and O–H groups in total. The summed E-state index contributed by atoms with van der Waals surface area (Å²) in [7, 11) is 1.60. The second-order valence-corrected chi connectivity index (χ2v) is 11.2. The summed E-state index contributed by atoms with van der Waals surface area (Å²) in [6.07, 6.45) is 3.01. The molecule has 6 rings (SSSR count). The van der Waals surface area contributed by atoms with Crippen molar-refractivity contribution in [3.8, 4) is 21.9 Å². The van der Waals surface area contributed by atoms with Crippen molar-refractivity contribution < 1.29 is 34.1 Å². The number of methoxy groups -OCH3 is 1. The van der Waals surface area contributed by atoms with E-state index in [0.717, 1.165) is 38.4 Å². The van der Waals surface area contributed by atoms with E-state index >= 15 is 0 Å². The monoisotopic (exact) mass is 629 g/mol. The number of aromatic amines is 1. The lowest BCUT2D eigenvalue weighted by atomic mass is 9.96. The number of carbonyl (C=O) groups is 3. The Balaban J connectivity index is 0.000000609. The molecule has 45 heavy (non-hydrogen) atoms. The number of nitrogens with one attached hydrogen (secondary N) is 1. The number of H-pyrrole nitrogens is 1. The molecule has 0 bridgehead atoms. The lowest BCUT2D eigenvalue weighted by Gasteiger charge is -2.15. The van der Waals surface area contributed by atoms with E-state index in [4.69, 9.17) is 29.3 Å². The smallest absolute Gasteiger partial charge is 0.414 e. The van der Waals surface area contributed by atoms with Gasteiger partial charge in [-0.1, -0.05) is 35.5 Å². The summed E-state index contributed by atoms with van der Waals surface area (Å²) in [5, 5.41) is 29.9. The van der Waals surface area contributed by atoms with Crippen molar-refractivity contribution in [1.29, 1.82) is 0 Å². The topological polar surface area (TPSA) is 168 Å². The fourth-order valence-electron chi connectivity index (χ4n) is 5.08. The van der Waals surface area contributed by atoms with Crippen molar-refractivity contribution >= 4 is 39.1 Å². The van der Waals surface area contributed by atoms with E-state index in [-0.39, 0.29) is 5.78 Å². The number of nitrogens with zero attached hydrogens (tertiary/aromatic N) is 4. The summed E-state index contributed by atoms with van der Waals surface area (Å²) in [4.78, 5) is 35.6. The molecule has 0 amide bonds. The van der Waals surface area contributed by atoms with E-state index < -0.39 is 11.9 Å². The van der Waals surface area contributed by atoms with Crippen LogP contribution >= 0.6 is 11.3 Å². The molecular weight excluding hydrogens is 598 g/mol. The third-order valence-electron chi connectivity index (χ3n) is 7.28. The maximum atomic E-state index is 14.0. The van der Waals surface area contributed by atoms with E-state index in [1.165, 1.54) is 25.9 Å². The van der Waals surface area contributed by atoms with Crippen LogP contribution in [0.1, 0.15) is 40.2 Å². The highest BCUT2D eigenvalue weighted by molar-refractivity contribution is 7.22. The molecule has 3 aromatic carbocycles.